The molecule has 2 amide bonds. The van der Waals surface area contributed by atoms with Crippen molar-refractivity contribution in [2.75, 3.05) is 20.6 Å². The third-order valence-corrected chi connectivity index (χ3v) is 12.1. The van der Waals surface area contributed by atoms with Crippen molar-refractivity contribution in [3.05, 3.63) is 99.5 Å². The zero-order valence-corrected chi connectivity index (χ0v) is 28.8. The summed E-state index contributed by atoms with van der Waals surface area (Å²) in [6, 6.07) is 22.2. The molecule has 1 spiro atoms. The van der Waals surface area contributed by atoms with E-state index in [2.05, 4.69) is 24.3 Å². The van der Waals surface area contributed by atoms with Gasteiger partial charge in [0, 0.05) is 31.1 Å². The summed E-state index contributed by atoms with van der Waals surface area (Å²) < 4.78 is 45.7. The lowest BCUT2D eigenvalue weighted by molar-refractivity contribution is -0.161. The van der Waals surface area contributed by atoms with Gasteiger partial charge in [0.2, 0.25) is 5.91 Å². The Labute approximate surface area is 288 Å². The number of hydrogen-bond acceptors (Lipinski definition) is 4. The van der Waals surface area contributed by atoms with E-state index in [1.54, 1.807) is 55.6 Å². The largest absolute Gasteiger partial charge is 0.415 e. The molecule has 5 nitrogen and oxygen atoms in total. The van der Waals surface area contributed by atoms with Crippen molar-refractivity contribution in [3.63, 3.8) is 0 Å². The van der Waals surface area contributed by atoms with Gasteiger partial charge in [-0.1, -0.05) is 84.6 Å². The van der Waals surface area contributed by atoms with Gasteiger partial charge in [0.25, 0.3) is 0 Å². The second kappa shape index (κ2) is 14.7. The fourth-order valence-corrected chi connectivity index (χ4v) is 8.96. The van der Waals surface area contributed by atoms with Gasteiger partial charge < -0.3 is 9.64 Å². The predicted molar refractivity (Wildman–Crippen MR) is 182 cm³/mol. The van der Waals surface area contributed by atoms with E-state index < -0.39 is 30.1 Å². The molecule has 1 aliphatic carbocycles. The standard InChI is InChI=1S/C36H39Cl2F3N2O3S/c1-42(32(44)22-36(39,40)41)24-34(27-14-15-30(37)31(38)21-27,43(2)33(45)46-28-11-4-3-5-12-28)18-8-9-25-16-19-35(20-17-25)29-13-7-6-10-26(29)23-47-35/h3-7,10-15,21,25H,8-9,16-20,22-24H2,1-2H3/t25?,34-,35?/m1/s1. The molecule has 1 heterocycles. The molecular weight excluding hydrogens is 668 g/mol. The highest BCUT2D eigenvalue weighted by Crippen LogP contribution is 2.56. The normalized spacial score (nSPS) is 20.4. The fraction of sp³-hybridized carbons (Fsp3) is 0.444. The molecule has 0 bridgehead atoms. The minimum Gasteiger partial charge on any atom is -0.410 e. The number of halogens is 5. The molecule has 0 aromatic heterocycles. The fourth-order valence-electron chi connectivity index (χ4n) is 7.10. The number of likely N-dealkylation sites (N-methyl/N-ethyl adjacent to an activating group) is 2. The summed E-state index contributed by atoms with van der Waals surface area (Å²) in [6.07, 6.45) is -0.794. The van der Waals surface area contributed by atoms with Crippen molar-refractivity contribution in [2.24, 2.45) is 5.92 Å². The third-order valence-electron chi connectivity index (χ3n) is 9.73. The topological polar surface area (TPSA) is 49.9 Å². The van der Waals surface area contributed by atoms with Crippen LogP contribution in [0.25, 0.3) is 0 Å². The minimum atomic E-state index is -4.67. The number of thioether (sulfide) groups is 1. The quantitative estimate of drug-likeness (QED) is 0.211. The molecule has 1 fully saturated rings. The Morgan fingerprint density at radius 3 is 2.32 bits per heavy atom. The summed E-state index contributed by atoms with van der Waals surface area (Å²) in [6.45, 7) is -0.207. The number of amides is 2. The van der Waals surface area contributed by atoms with Crippen LogP contribution in [0.2, 0.25) is 10.0 Å². The molecule has 11 heteroatoms. The number of alkyl halides is 3. The number of nitrogens with zero attached hydrogens (tertiary/aromatic N) is 2. The predicted octanol–water partition coefficient (Wildman–Crippen LogP) is 10.2. The Kier molecular flexibility index (Phi) is 11.1. The Hall–Kier alpha value is -2.88. The van der Waals surface area contributed by atoms with Crippen LogP contribution in [-0.2, 0) is 20.8 Å². The number of hydrogen-bond donors (Lipinski definition) is 0. The summed E-state index contributed by atoms with van der Waals surface area (Å²) >= 11 is 14.8. The Morgan fingerprint density at radius 2 is 1.64 bits per heavy atom. The zero-order valence-electron chi connectivity index (χ0n) is 26.5. The average Bonchev–Trinajstić information content (AvgIpc) is 3.39. The number of benzene rings is 3. The van der Waals surface area contributed by atoms with Crippen molar-refractivity contribution in [3.8, 4) is 5.75 Å². The second-order valence-corrected chi connectivity index (χ2v) is 14.9. The second-order valence-electron chi connectivity index (χ2n) is 12.7. The average molecular weight is 708 g/mol. The molecule has 47 heavy (non-hydrogen) atoms. The molecule has 2 aliphatic rings. The van der Waals surface area contributed by atoms with E-state index in [0.717, 1.165) is 42.8 Å². The van der Waals surface area contributed by atoms with Crippen LogP contribution in [0.3, 0.4) is 0 Å². The highest BCUT2D eigenvalue weighted by Gasteiger charge is 2.45. The lowest BCUT2D eigenvalue weighted by Crippen LogP contribution is -2.55. The van der Waals surface area contributed by atoms with E-state index in [1.807, 2.05) is 11.8 Å². The third kappa shape index (κ3) is 8.23. The summed E-state index contributed by atoms with van der Waals surface area (Å²) in [5.74, 6) is 0.723. The molecule has 1 saturated carbocycles. The Balaban J connectivity index is 1.40. The summed E-state index contributed by atoms with van der Waals surface area (Å²) in [7, 11) is 2.88. The highest BCUT2D eigenvalue weighted by atomic mass is 35.5. The number of carbonyl (C=O) groups excluding carboxylic acids is 2. The van der Waals surface area contributed by atoms with Crippen LogP contribution < -0.4 is 4.74 Å². The van der Waals surface area contributed by atoms with Crippen LogP contribution in [0.5, 0.6) is 5.75 Å². The molecule has 252 valence electrons. The Morgan fingerprint density at radius 1 is 0.957 bits per heavy atom. The van der Waals surface area contributed by atoms with Crippen LogP contribution in [0.4, 0.5) is 18.0 Å². The van der Waals surface area contributed by atoms with Crippen molar-refractivity contribution < 1.29 is 27.5 Å². The van der Waals surface area contributed by atoms with Gasteiger partial charge in [0.05, 0.1) is 15.6 Å². The monoisotopic (exact) mass is 706 g/mol. The van der Waals surface area contributed by atoms with Gasteiger partial charge in [-0.25, -0.2) is 4.79 Å². The first-order valence-corrected chi connectivity index (χ1v) is 17.6. The summed E-state index contributed by atoms with van der Waals surface area (Å²) in [5, 5.41) is 0.525. The number of para-hydroxylation sites is 1. The SMILES string of the molecule is CN(C[C@](CCCC1CCC2(CC1)SCc1ccccc12)(c1ccc(Cl)c(Cl)c1)N(C)C(=O)Oc1ccccc1)C(=O)CC(F)(F)F. The molecule has 0 unspecified atom stereocenters. The van der Waals surface area contributed by atoms with Gasteiger partial charge in [-0.2, -0.15) is 13.2 Å². The molecule has 0 saturated heterocycles. The first kappa shape index (κ1) is 35.4. The van der Waals surface area contributed by atoms with Crippen LogP contribution in [0.1, 0.15) is 68.1 Å². The maximum atomic E-state index is 13.7. The maximum Gasteiger partial charge on any atom is 0.415 e. The van der Waals surface area contributed by atoms with E-state index in [4.69, 9.17) is 27.9 Å². The van der Waals surface area contributed by atoms with Crippen molar-refractivity contribution in [1.29, 1.82) is 0 Å². The molecular formula is C36H39Cl2F3N2O3S. The zero-order chi connectivity index (χ0) is 33.8. The van der Waals surface area contributed by atoms with Gasteiger partial charge in [0.1, 0.15) is 12.2 Å². The van der Waals surface area contributed by atoms with Crippen molar-refractivity contribution >= 4 is 47.0 Å². The molecule has 1 aliphatic heterocycles. The first-order valence-electron chi connectivity index (χ1n) is 15.8. The van der Waals surface area contributed by atoms with E-state index >= 15 is 0 Å². The van der Waals surface area contributed by atoms with E-state index in [0.29, 0.717) is 35.1 Å². The summed E-state index contributed by atoms with van der Waals surface area (Å²) in [4.78, 5) is 29.0. The van der Waals surface area contributed by atoms with Crippen LogP contribution in [-0.4, -0.2) is 48.6 Å². The van der Waals surface area contributed by atoms with Crippen LogP contribution in [0.15, 0.2) is 72.8 Å². The molecule has 3 aromatic rings. The minimum absolute atomic E-state index is 0.167. The number of fused-ring (bicyclic) bond motifs is 2. The summed E-state index contributed by atoms with van der Waals surface area (Å²) in [5.41, 5.74) is 2.17. The van der Waals surface area contributed by atoms with Crippen LogP contribution in [0, 0.1) is 5.92 Å². The van der Waals surface area contributed by atoms with Gasteiger partial charge in [-0.05, 0) is 79.0 Å². The molecule has 5 rings (SSSR count). The lowest BCUT2D eigenvalue weighted by Gasteiger charge is -2.44. The molecule has 0 radical (unpaired) electrons. The molecule has 3 aromatic carbocycles. The van der Waals surface area contributed by atoms with Crippen molar-refractivity contribution in [1.82, 2.24) is 9.80 Å². The first-order chi connectivity index (χ1) is 22.3. The molecule has 1 atom stereocenters. The van der Waals surface area contributed by atoms with Crippen molar-refractivity contribution in [2.45, 2.75) is 73.6 Å². The van der Waals surface area contributed by atoms with Gasteiger partial charge in [-0.3, -0.25) is 9.69 Å². The number of carbonyl (C=O) groups is 2. The Bertz CT molecular complexity index is 1570. The van der Waals surface area contributed by atoms with E-state index in [9.17, 15) is 22.8 Å². The smallest absolute Gasteiger partial charge is 0.410 e. The number of ether oxygens (including phenoxy) is 1. The van der Waals surface area contributed by atoms with Gasteiger partial charge in [0.15, 0.2) is 0 Å². The van der Waals surface area contributed by atoms with Gasteiger partial charge >= 0.3 is 12.3 Å². The van der Waals surface area contributed by atoms with E-state index in [1.165, 1.54) is 23.1 Å². The van der Waals surface area contributed by atoms with Crippen LogP contribution >= 0.6 is 35.0 Å². The maximum absolute atomic E-state index is 13.7. The molecule has 0 N–H and O–H groups in total. The number of rotatable bonds is 10. The highest BCUT2D eigenvalue weighted by molar-refractivity contribution is 7.99. The lowest BCUT2D eigenvalue weighted by atomic mass is 9.74. The van der Waals surface area contributed by atoms with E-state index in [-0.39, 0.29) is 16.3 Å². The van der Waals surface area contributed by atoms with Gasteiger partial charge in [-0.15, -0.1) is 11.8 Å².